The van der Waals surface area contributed by atoms with Crippen LogP contribution in [0.3, 0.4) is 0 Å². The molecule has 1 unspecified atom stereocenters. The summed E-state index contributed by atoms with van der Waals surface area (Å²) in [6.45, 7) is 4.23. The Balaban J connectivity index is 2.39. The highest BCUT2D eigenvalue weighted by atomic mass is 35.5. The maximum atomic E-state index is 6.12. The predicted molar refractivity (Wildman–Crippen MR) is 87.7 cm³/mol. The van der Waals surface area contributed by atoms with Crippen LogP contribution in [0.4, 0.5) is 0 Å². The van der Waals surface area contributed by atoms with Gasteiger partial charge in [-0.05, 0) is 55.2 Å². The minimum absolute atomic E-state index is 0.0570. The quantitative estimate of drug-likeness (QED) is 0.654. The Morgan fingerprint density at radius 1 is 1.19 bits per heavy atom. The van der Waals surface area contributed by atoms with Crippen LogP contribution in [-0.4, -0.2) is 7.11 Å². The first-order valence-corrected chi connectivity index (χ1v) is 7.29. The van der Waals surface area contributed by atoms with Gasteiger partial charge in [-0.25, -0.2) is 0 Å². The molecule has 0 heterocycles. The number of nitrogens with two attached hydrogens (primary N) is 1. The molecule has 0 spiro atoms. The summed E-state index contributed by atoms with van der Waals surface area (Å²) in [5.41, 5.74) is 7.67. The van der Waals surface area contributed by atoms with Gasteiger partial charge in [-0.2, -0.15) is 0 Å². The van der Waals surface area contributed by atoms with Crippen LogP contribution in [0.15, 0.2) is 36.4 Å². The molecule has 0 aliphatic heterocycles. The molecule has 0 saturated heterocycles. The number of aryl methyl sites for hydroxylation is 2. The zero-order chi connectivity index (χ0) is 15.4. The van der Waals surface area contributed by atoms with Crippen molar-refractivity contribution in [2.75, 3.05) is 7.11 Å². The first kappa shape index (κ1) is 15.8. The zero-order valence-corrected chi connectivity index (χ0v) is 13.4. The Bertz CT molecular complexity index is 608. The van der Waals surface area contributed by atoms with E-state index in [1.807, 2.05) is 18.2 Å². The molecule has 0 amide bonds. The summed E-state index contributed by atoms with van der Waals surface area (Å²) >= 11 is 6.12. The van der Waals surface area contributed by atoms with E-state index in [1.54, 1.807) is 7.11 Å². The third kappa shape index (κ3) is 3.56. The highest BCUT2D eigenvalue weighted by Gasteiger charge is 2.18. The summed E-state index contributed by atoms with van der Waals surface area (Å²) in [7, 11) is 1.65. The van der Waals surface area contributed by atoms with Crippen LogP contribution in [0.25, 0.3) is 0 Å². The van der Waals surface area contributed by atoms with Gasteiger partial charge in [0.15, 0.2) is 0 Å². The average Bonchev–Trinajstić information content (AvgIpc) is 2.47. The van der Waals surface area contributed by atoms with Crippen molar-refractivity contribution >= 4 is 11.6 Å². The number of rotatable bonds is 5. The highest BCUT2D eigenvalue weighted by Crippen LogP contribution is 2.31. The standard InChI is InChI=1S/C17H21ClN2O/c1-11-5-4-6-12(2)14(11)10-16(20-19)15-9-13(18)7-8-17(15)21-3/h4-9,16,20H,10,19H2,1-3H3. The van der Waals surface area contributed by atoms with E-state index in [2.05, 4.69) is 37.5 Å². The lowest BCUT2D eigenvalue weighted by Crippen LogP contribution is -2.30. The van der Waals surface area contributed by atoms with Gasteiger partial charge in [0.05, 0.1) is 13.2 Å². The second-order valence-corrected chi connectivity index (χ2v) is 5.62. The maximum absolute atomic E-state index is 6.12. The summed E-state index contributed by atoms with van der Waals surface area (Å²) in [5, 5.41) is 0.674. The van der Waals surface area contributed by atoms with Crippen LogP contribution in [0, 0.1) is 13.8 Å². The number of hydrogen-bond donors (Lipinski definition) is 2. The predicted octanol–water partition coefficient (Wildman–Crippen LogP) is 3.71. The number of halogens is 1. The molecule has 1 atom stereocenters. The summed E-state index contributed by atoms with van der Waals surface area (Å²) in [6, 6.07) is 11.8. The summed E-state index contributed by atoms with van der Waals surface area (Å²) in [6.07, 6.45) is 0.783. The Labute approximate surface area is 131 Å². The molecule has 21 heavy (non-hydrogen) atoms. The van der Waals surface area contributed by atoms with Crippen LogP contribution in [0.2, 0.25) is 5.02 Å². The van der Waals surface area contributed by atoms with Gasteiger partial charge < -0.3 is 4.74 Å². The van der Waals surface area contributed by atoms with Crippen LogP contribution >= 0.6 is 11.6 Å². The van der Waals surface area contributed by atoms with Gasteiger partial charge >= 0.3 is 0 Å². The van der Waals surface area contributed by atoms with E-state index < -0.39 is 0 Å². The summed E-state index contributed by atoms with van der Waals surface area (Å²) in [4.78, 5) is 0. The second kappa shape index (κ2) is 6.94. The maximum Gasteiger partial charge on any atom is 0.123 e. The first-order chi connectivity index (χ1) is 10.1. The molecule has 0 saturated carbocycles. The third-order valence-electron chi connectivity index (χ3n) is 3.82. The molecule has 0 fully saturated rings. The van der Waals surface area contributed by atoms with Crippen molar-refractivity contribution in [2.45, 2.75) is 26.3 Å². The van der Waals surface area contributed by atoms with Crippen molar-refractivity contribution in [3.05, 3.63) is 63.7 Å². The molecule has 0 aliphatic rings. The normalized spacial score (nSPS) is 12.2. The number of methoxy groups -OCH3 is 1. The van der Waals surface area contributed by atoms with Crippen LogP contribution in [0.5, 0.6) is 5.75 Å². The van der Waals surface area contributed by atoms with Crippen molar-refractivity contribution in [1.29, 1.82) is 0 Å². The zero-order valence-electron chi connectivity index (χ0n) is 12.6. The van der Waals surface area contributed by atoms with Crippen LogP contribution < -0.4 is 16.0 Å². The molecule has 3 N–H and O–H groups in total. The van der Waals surface area contributed by atoms with E-state index in [0.29, 0.717) is 5.02 Å². The van der Waals surface area contributed by atoms with Crippen LogP contribution in [-0.2, 0) is 6.42 Å². The van der Waals surface area contributed by atoms with Gasteiger partial charge in [0.25, 0.3) is 0 Å². The Hall–Kier alpha value is -1.55. The van der Waals surface area contributed by atoms with Crippen molar-refractivity contribution < 1.29 is 4.74 Å². The van der Waals surface area contributed by atoms with E-state index in [-0.39, 0.29) is 6.04 Å². The third-order valence-corrected chi connectivity index (χ3v) is 4.06. The molecule has 2 aromatic carbocycles. The average molecular weight is 305 g/mol. The van der Waals surface area contributed by atoms with Crippen molar-refractivity contribution in [1.82, 2.24) is 5.43 Å². The molecule has 2 aromatic rings. The molecular formula is C17H21ClN2O. The molecule has 0 aliphatic carbocycles. The lowest BCUT2D eigenvalue weighted by atomic mass is 9.93. The number of nitrogens with one attached hydrogen (secondary N) is 1. The minimum Gasteiger partial charge on any atom is -0.496 e. The van der Waals surface area contributed by atoms with Gasteiger partial charge in [-0.1, -0.05) is 29.8 Å². The van der Waals surface area contributed by atoms with Crippen molar-refractivity contribution in [3.8, 4) is 5.75 Å². The smallest absolute Gasteiger partial charge is 0.123 e. The minimum atomic E-state index is -0.0570. The topological polar surface area (TPSA) is 47.3 Å². The summed E-state index contributed by atoms with van der Waals surface area (Å²) < 4.78 is 5.43. The monoisotopic (exact) mass is 304 g/mol. The van der Waals surface area contributed by atoms with Crippen molar-refractivity contribution in [2.24, 2.45) is 5.84 Å². The number of benzene rings is 2. The Morgan fingerprint density at radius 3 is 2.43 bits per heavy atom. The Kier molecular flexibility index (Phi) is 5.23. The molecular weight excluding hydrogens is 284 g/mol. The number of hydrogen-bond acceptors (Lipinski definition) is 3. The fraction of sp³-hybridized carbons (Fsp3) is 0.294. The fourth-order valence-electron chi connectivity index (χ4n) is 2.61. The summed E-state index contributed by atoms with van der Waals surface area (Å²) in [5.74, 6) is 6.56. The largest absolute Gasteiger partial charge is 0.496 e. The lowest BCUT2D eigenvalue weighted by Gasteiger charge is -2.21. The van der Waals surface area contributed by atoms with Crippen LogP contribution in [0.1, 0.15) is 28.3 Å². The number of hydrazine groups is 1. The molecule has 3 nitrogen and oxygen atoms in total. The van der Waals surface area contributed by atoms with Gasteiger partial charge in [-0.15, -0.1) is 0 Å². The molecule has 0 radical (unpaired) electrons. The van der Waals surface area contributed by atoms with Gasteiger partial charge in [-0.3, -0.25) is 11.3 Å². The van der Waals surface area contributed by atoms with Crippen molar-refractivity contribution in [3.63, 3.8) is 0 Å². The number of ether oxygens (including phenoxy) is 1. The molecule has 112 valence electrons. The fourth-order valence-corrected chi connectivity index (χ4v) is 2.79. The van der Waals surface area contributed by atoms with E-state index in [4.69, 9.17) is 22.2 Å². The van der Waals surface area contributed by atoms with E-state index in [1.165, 1.54) is 16.7 Å². The highest BCUT2D eigenvalue weighted by molar-refractivity contribution is 6.30. The SMILES string of the molecule is COc1ccc(Cl)cc1C(Cc1c(C)cccc1C)NN. The van der Waals surface area contributed by atoms with E-state index in [9.17, 15) is 0 Å². The van der Waals surface area contributed by atoms with E-state index >= 15 is 0 Å². The first-order valence-electron chi connectivity index (χ1n) is 6.91. The lowest BCUT2D eigenvalue weighted by molar-refractivity contribution is 0.399. The molecule has 4 heteroatoms. The molecule has 0 aromatic heterocycles. The van der Waals surface area contributed by atoms with E-state index in [0.717, 1.165) is 17.7 Å². The van der Waals surface area contributed by atoms with Gasteiger partial charge in [0.1, 0.15) is 5.75 Å². The van der Waals surface area contributed by atoms with Gasteiger partial charge in [0.2, 0.25) is 0 Å². The second-order valence-electron chi connectivity index (χ2n) is 5.18. The molecule has 0 bridgehead atoms. The van der Waals surface area contributed by atoms with Gasteiger partial charge in [0, 0.05) is 10.6 Å². The molecule has 2 rings (SSSR count). The Morgan fingerprint density at radius 2 is 1.86 bits per heavy atom.